The molecular formula is C18H13I2NO3. The van der Waals surface area contributed by atoms with Gasteiger partial charge in [0.25, 0.3) is 5.75 Å². The van der Waals surface area contributed by atoms with Crippen LogP contribution in [-0.4, -0.2) is 4.98 Å². The van der Waals surface area contributed by atoms with E-state index in [2.05, 4.69) is 51.8 Å². The van der Waals surface area contributed by atoms with Crippen molar-refractivity contribution in [3.63, 3.8) is 0 Å². The van der Waals surface area contributed by atoms with Crippen LogP contribution in [0.2, 0.25) is 0 Å². The lowest BCUT2D eigenvalue weighted by molar-refractivity contribution is -1.62. The van der Waals surface area contributed by atoms with Crippen molar-refractivity contribution in [1.29, 1.82) is 0 Å². The van der Waals surface area contributed by atoms with Crippen molar-refractivity contribution in [3.8, 4) is 17.0 Å². The normalized spacial score (nSPS) is 10.8. The molecule has 0 aliphatic heterocycles. The second-order valence-corrected chi connectivity index (χ2v) is 7.88. The molecule has 0 amide bonds. The molecular weight excluding hydrogens is 532 g/mol. The fourth-order valence-corrected chi connectivity index (χ4v) is 3.46. The maximum atomic E-state index is 10.9. The first kappa shape index (κ1) is 17.6. The van der Waals surface area contributed by atoms with Crippen LogP contribution in [0.3, 0.4) is 0 Å². The molecule has 24 heavy (non-hydrogen) atoms. The van der Waals surface area contributed by atoms with Crippen LogP contribution in [0.25, 0.3) is 11.3 Å². The molecule has 2 aromatic carbocycles. The summed E-state index contributed by atoms with van der Waals surface area (Å²) in [4.78, 5) is 4.25. The van der Waals surface area contributed by atoms with Gasteiger partial charge in [0.2, 0.25) is 0 Å². The van der Waals surface area contributed by atoms with E-state index in [0.717, 1.165) is 12.0 Å². The van der Waals surface area contributed by atoms with E-state index in [1.54, 1.807) is 18.3 Å². The van der Waals surface area contributed by atoms with Gasteiger partial charge in [-0.05, 0) is 64.4 Å². The van der Waals surface area contributed by atoms with Crippen LogP contribution >= 0.6 is 22.6 Å². The minimum atomic E-state index is -3.81. The molecule has 0 atom stereocenters. The van der Waals surface area contributed by atoms with E-state index in [9.17, 15) is 6.87 Å². The summed E-state index contributed by atoms with van der Waals surface area (Å²) in [5.41, 5.74) is 3.79. The van der Waals surface area contributed by atoms with Crippen molar-refractivity contribution in [3.05, 3.63) is 81.6 Å². The quantitative estimate of drug-likeness (QED) is 0.403. The molecule has 0 N–H and O–H groups in total. The SMILES string of the molecule is [O-][I+2]([O-])Oc1cccnc1-c1ccc(Cc2ccc(I)cc2)cc1. The van der Waals surface area contributed by atoms with Crippen molar-refractivity contribution in [2.75, 3.05) is 0 Å². The van der Waals surface area contributed by atoms with Crippen LogP contribution in [0, 0.1) is 3.57 Å². The summed E-state index contributed by atoms with van der Waals surface area (Å²) in [5, 5.41) is 0. The third-order valence-electron chi connectivity index (χ3n) is 3.47. The highest BCUT2D eigenvalue weighted by molar-refractivity contribution is 14.1. The van der Waals surface area contributed by atoms with E-state index in [0.29, 0.717) is 5.69 Å². The maximum absolute atomic E-state index is 10.9. The molecule has 3 aromatic rings. The Labute approximate surface area is 162 Å². The van der Waals surface area contributed by atoms with Gasteiger partial charge >= 0.3 is 21.1 Å². The number of rotatable bonds is 5. The van der Waals surface area contributed by atoms with Crippen molar-refractivity contribution >= 4 is 22.6 Å². The van der Waals surface area contributed by atoms with Crippen molar-refractivity contribution in [1.82, 2.24) is 4.98 Å². The second kappa shape index (κ2) is 8.24. The molecule has 1 heterocycles. The number of hydrogen-bond donors (Lipinski definition) is 0. The van der Waals surface area contributed by atoms with Crippen LogP contribution in [-0.2, 0) is 6.42 Å². The molecule has 0 aliphatic carbocycles. The number of nitrogens with zero attached hydrogens (tertiary/aromatic N) is 1. The van der Waals surface area contributed by atoms with E-state index in [-0.39, 0.29) is 5.75 Å². The van der Waals surface area contributed by atoms with Gasteiger partial charge < -0.3 is 6.87 Å². The monoisotopic (exact) mass is 545 g/mol. The van der Waals surface area contributed by atoms with Crippen LogP contribution < -0.4 is 31.0 Å². The molecule has 122 valence electrons. The van der Waals surface area contributed by atoms with Gasteiger partial charge in [-0.15, -0.1) is 3.07 Å². The zero-order valence-electron chi connectivity index (χ0n) is 12.5. The Hall–Kier alpha value is -1.23. The van der Waals surface area contributed by atoms with Crippen LogP contribution in [0.5, 0.6) is 5.75 Å². The van der Waals surface area contributed by atoms with E-state index < -0.39 is 21.1 Å². The molecule has 0 bridgehead atoms. The summed E-state index contributed by atoms with van der Waals surface area (Å²) in [7, 11) is 0. The smallest absolute Gasteiger partial charge is 0.385 e. The Balaban J connectivity index is 1.81. The lowest BCUT2D eigenvalue weighted by atomic mass is 10.0. The van der Waals surface area contributed by atoms with Crippen molar-refractivity contribution in [2.45, 2.75) is 6.42 Å². The van der Waals surface area contributed by atoms with Gasteiger partial charge in [-0.2, -0.15) is 0 Å². The highest BCUT2D eigenvalue weighted by Gasteiger charge is 2.19. The Morgan fingerprint density at radius 3 is 2.17 bits per heavy atom. The first-order chi connectivity index (χ1) is 11.6. The second-order valence-electron chi connectivity index (χ2n) is 5.12. The third kappa shape index (κ3) is 4.65. The molecule has 0 saturated heterocycles. The van der Waals surface area contributed by atoms with Gasteiger partial charge in [0.15, 0.2) is 0 Å². The zero-order valence-corrected chi connectivity index (χ0v) is 16.8. The molecule has 0 radical (unpaired) electrons. The molecule has 0 spiro atoms. The van der Waals surface area contributed by atoms with Gasteiger partial charge in [0.1, 0.15) is 5.69 Å². The molecule has 0 fully saturated rings. The molecule has 6 heteroatoms. The minimum Gasteiger partial charge on any atom is -0.385 e. The van der Waals surface area contributed by atoms with E-state index in [4.69, 9.17) is 3.07 Å². The predicted octanol–water partition coefficient (Wildman–Crippen LogP) is -0.587. The number of halogens is 2. The van der Waals surface area contributed by atoms with Gasteiger partial charge in [-0.3, -0.25) is 4.98 Å². The minimum absolute atomic E-state index is 0.276. The van der Waals surface area contributed by atoms with Crippen molar-refractivity contribution < 1.29 is 31.0 Å². The fourth-order valence-electron chi connectivity index (χ4n) is 2.36. The van der Waals surface area contributed by atoms with Crippen LogP contribution in [0.15, 0.2) is 66.9 Å². The van der Waals surface area contributed by atoms with Crippen LogP contribution in [0.4, 0.5) is 0 Å². The first-order valence-electron chi connectivity index (χ1n) is 7.14. The summed E-state index contributed by atoms with van der Waals surface area (Å²) >= 11 is -1.53. The number of hydrogen-bond acceptors (Lipinski definition) is 4. The van der Waals surface area contributed by atoms with E-state index in [1.165, 1.54) is 14.7 Å². The molecule has 0 unspecified atom stereocenters. The summed E-state index contributed by atoms with van der Waals surface area (Å²) in [6.07, 6.45) is 2.47. The predicted molar refractivity (Wildman–Crippen MR) is 92.3 cm³/mol. The van der Waals surface area contributed by atoms with Gasteiger partial charge in [0, 0.05) is 15.3 Å². The lowest BCUT2D eigenvalue weighted by Crippen LogP contribution is -4.00. The molecule has 4 nitrogen and oxygen atoms in total. The highest BCUT2D eigenvalue weighted by atomic mass is 127. The summed E-state index contributed by atoms with van der Waals surface area (Å²) < 4.78 is 28.0. The summed E-state index contributed by atoms with van der Waals surface area (Å²) in [6.45, 7) is 0. The van der Waals surface area contributed by atoms with Crippen LogP contribution in [0.1, 0.15) is 11.1 Å². The Morgan fingerprint density at radius 2 is 1.54 bits per heavy atom. The third-order valence-corrected chi connectivity index (χ3v) is 5.02. The Bertz CT molecular complexity index is 805. The fraction of sp³-hybridized carbons (Fsp3) is 0.0556. The van der Waals surface area contributed by atoms with E-state index >= 15 is 0 Å². The topological polar surface area (TPSA) is 68.2 Å². The Kier molecular flexibility index (Phi) is 6.04. The van der Waals surface area contributed by atoms with Gasteiger partial charge in [0.05, 0.1) is 0 Å². The molecule has 0 aliphatic rings. The van der Waals surface area contributed by atoms with Crippen molar-refractivity contribution in [2.24, 2.45) is 0 Å². The number of aromatic nitrogens is 1. The summed E-state index contributed by atoms with van der Waals surface area (Å²) in [6, 6.07) is 19.6. The highest BCUT2D eigenvalue weighted by Crippen LogP contribution is 2.26. The largest absolute Gasteiger partial charge is 0.570 e. The molecule has 0 saturated carbocycles. The van der Waals surface area contributed by atoms with Gasteiger partial charge in [-0.1, -0.05) is 36.4 Å². The molecule has 1 aromatic heterocycles. The average molecular weight is 545 g/mol. The van der Waals surface area contributed by atoms with E-state index in [1.807, 2.05) is 24.3 Å². The standard InChI is InChI=1S/C18H13I2NO3/c19-16-9-5-14(6-10-16)12-13-3-7-15(8-4-13)18-17(24-20(22)23)2-1-11-21-18/h1-11H,12H2. The molecule has 3 rings (SSSR count). The van der Waals surface area contributed by atoms with Gasteiger partial charge in [-0.25, -0.2) is 0 Å². The summed E-state index contributed by atoms with van der Waals surface area (Å²) in [5.74, 6) is 0.276. The zero-order chi connectivity index (χ0) is 16.9. The lowest BCUT2D eigenvalue weighted by Gasteiger charge is -2.06. The Morgan fingerprint density at radius 1 is 0.917 bits per heavy atom. The average Bonchev–Trinajstić information content (AvgIpc) is 2.58. The number of pyridine rings is 1. The maximum Gasteiger partial charge on any atom is 0.570 e. The number of benzene rings is 2. The first-order valence-corrected chi connectivity index (χ1v) is 10.9.